The molecule has 126 valence electrons. The van der Waals surface area contributed by atoms with E-state index in [-0.39, 0.29) is 11.8 Å². The lowest BCUT2D eigenvalue weighted by atomic mass is 9.75. The molecule has 0 saturated heterocycles. The maximum absolute atomic E-state index is 11.0. The van der Waals surface area contributed by atoms with Crippen LogP contribution in [-0.4, -0.2) is 42.9 Å². The number of hydrogen-bond donors (Lipinski definition) is 2. The fourth-order valence-electron chi connectivity index (χ4n) is 4.10. The highest BCUT2D eigenvalue weighted by atomic mass is 16.5. The normalized spacial score (nSPS) is 21.8. The number of aromatic hydroxyl groups is 1. The Morgan fingerprint density at radius 3 is 2.67 bits per heavy atom. The number of fused-ring (bicyclic) bond motifs is 2. The lowest BCUT2D eigenvalue weighted by Crippen LogP contribution is -2.38. The summed E-state index contributed by atoms with van der Waals surface area (Å²) in [6.45, 7) is 0.833. The van der Waals surface area contributed by atoms with Crippen molar-refractivity contribution < 1.29 is 19.7 Å². The number of likely N-dealkylation sites (N-methyl/N-ethyl adjacent to an activating group) is 1. The van der Waals surface area contributed by atoms with E-state index in [1.807, 2.05) is 25.2 Å². The second-order valence-corrected chi connectivity index (χ2v) is 6.45. The molecule has 5 nitrogen and oxygen atoms in total. The highest BCUT2D eigenvalue weighted by Crippen LogP contribution is 2.55. The molecule has 2 atom stereocenters. The van der Waals surface area contributed by atoms with Crippen LogP contribution in [0.2, 0.25) is 0 Å². The van der Waals surface area contributed by atoms with Crippen LogP contribution in [0.25, 0.3) is 11.1 Å². The molecular weight excluding hydrogens is 306 g/mol. The molecule has 0 amide bonds. The summed E-state index contributed by atoms with van der Waals surface area (Å²) < 4.78 is 10.8. The molecule has 1 aliphatic carbocycles. The maximum atomic E-state index is 11.0. The van der Waals surface area contributed by atoms with Crippen molar-refractivity contribution in [1.82, 2.24) is 4.90 Å². The molecule has 0 aromatic heterocycles. The van der Waals surface area contributed by atoms with Crippen LogP contribution in [0.15, 0.2) is 24.3 Å². The van der Waals surface area contributed by atoms with Gasteiger partial charge in [0.15, 0.2) is 11.5 Å². The molecule has 2 N–H and O–H groups in total. The molecule has 2 unspecified atom stereocenters. The Morgan fingerprint density at radius 1 is 1.17 bits per heavy atom. The highest BCUT2D eigenvalue weighted by molar-refractivity contribution is 5.84. The molecular formula is C19H21NO4. The first kappa shape index (κ1) is 15.3. The van der Waals surface area contributed by atoms with Gasteiger partial charge < -0.3 is 19.7 Å². The van der Waals surface area contributed by atoms with Crippen molar-refractivity contribution in [2.24, 2.45) is 0 Å². The van der Waals surface area contributed by atoms with Gasteiger partial charge in [0.05, 0.1) is 26.4 Å². The Labute approximate surface area is 141 Å². The average molecular weight is 327 g/mol. The van der Waals surface area contributed by atoms with E-state index in [2.05, 4.69) is 4.90 Å². The van der Waals surface area contributed by atoms with Crippen LogP contribution in [0.1, 0.15) is 28.8 Å². The van der Waals surface area contributed by atoms with E-state index in [9.17, 15) is 10.2 Å². The molecule has 0 radical (unpaired) electrons. The first-order valence-electron chi connectivity index (χ1n) is 8.06. The number of benzene rings is 2. The minimum atomic E-state index is -0.652. The van der Waals surface area contributed by atoms with Crippen molar-refractivity contribution in [2.75, 3.05) is 27.8 Å². The van der Waals surface area contributed by atoms with Crippen molar-refractivity contribution in [1.29, 1.82) is 0 Å². The smallest absolute Gasteiger partial charge is 0.168 e. The van der Waals surface area contributed by atoms with Gasteiger partial charge in [-0.3, -0.25) is 4.90 Å². The van der Waals surface area contributed by atoms with E-state index in [0.717, 1.165) is 40.8 Å². The van der Waals surface area contributed by atoms with Crippen LogP contribution < -0.4 is 9.47 Å². The number of methoxy groups -OCH3 is 2. The monoisotopic (exact) mass is 327 g/mol. The average Bonchev–Trinajstić information content (AvgIpc) is 2.59. The maximum Gasteiger partial charge on any atom is 0.168 e. The second kappa shape index (κ2) is 5.40. The van der Waals surface area contributed by atoms with Crippen molar-refractivity contribution in [3.05, 3.63) is 41.0 Å². The molecule has 0 bridgehead atoms. The fourth-order valence-corrected chi connectivity index (χ4v) is 4.10. The van der Waals surface area contributed by atoms with Gasteiger partial charge >= 0.3 is 0 Å². The lowest BCUT2D eigenvalue weighted by Gasteiger charge is -2.43. The summed E-state index contributed by atoms with van der Waals surface area (Å²) in [7, 11) is 5.20. The Morgan fingerprint density at radius 2 is 1.96 bits per heavy atom. The quantitative estimate of drug-likeness (QED) is 0.888. The van der Waals surface area contributed by atoms with Crippen molar-refractivity contribution >= 4 is 0 Å². The zero-order chi connectivity index (χ0) is 17.0. The van der Waals surface area contributed by atoms with E-state index >= 15 is 0 Å². The van der Waals surface area contributed by atoms with E-state index in [1.54, 1.807) is 20.3 Å². The van der Waals surface area contributed by atoms with E-state index in [0.29, 0.717) is 11.5 Å². The number of ether oxygens (including phenoxy) is 2. The molecule has 2 aliphatic rings. The minimum Gasteiger partial charge on any atom is -0.504 e. The largest absolute Gasteiger partial charge is 0.504 e. The van der Waals surface area contributed by atoms with Gasteiger partial charge in [0, 0.05) is 12.1 Å². The van der Waals surface area contributed by atoms with Crippen LogP contribution in [0.3, 0.4) is 0 Å². The molecule has 0 spiro atoms. The molecule has 5 heteroatoms. The Kier molecular flexibility index (Phi) is 3.44. The summed E-state index contributed by atoms with van der Waals surface area (Å²) in [5.74, 6) is 1.31. The number of aliphatic hydroxyl groups is 1. The lowest BCUT2D eigenvalue weighted by molar-refractivity contribution is 0.0540. The van der Waals surface area contributed by atoms with Crippen molar-refractivity contribution in [3.8, 4) is 28.4 Å². The predicted octanol–water partition coefficient (Wildman–Crippen LogP) is 2.65. The van der Waals surface area contributed by atoms with E-state index in [1.165, 1.54) is 0 Å². The van der Waals surface area contributed by atoms with Crippen LogP contribution in [0.5, 0.6) is 17.2 Å². The summed E-state index contributed by atoms with van der Waals surface area (Å²) in [5.41, 5.74) is 4.71. The molecule has 2 aromatic carbocycles. The zero-order valence-electron chi connectivity index (χ0n) is 14.0. The van der Waals surface area contributed by atoms with Crippen LogP contribution >= 0.6 is 0 Å². The summed E-state index contributed by atoms with van der Waals surface area (Å²) in [6, 6.07) is 7.29. The minimum absolute atomic E-state index is 0.146. The van der Waals surface area contributed by atoms with Gasteiger partial charge in [0.2, 0.25) is 0 Å². The third-order valence-corrected chi connectivity index (χ3v) is 5.24. The number of rotatable bonds is 2. The highest BCUT2D eigenvalue weighted by Gasteiger charge is 2.41. The molecule has 0 fully saturated rings. The predicted molar refractivity (Wildman–Crippen MR) is 90.7 cm³/mol. The van der Waals surface area contributed by atoms with Gasteiger partial charge in [-0.05, 0) is 53.9 Å². The zero-order valence-corrected chi connectivity index (χ0v) is 14.0. The topological polar surface area (TPSA) is 62.2 Å². The number of phenolic OH excluding ortho intramolecular Hbond substituents is 1. The van der Waals surface area contributed by atoms with Gasteiger partial charge in [-0.25, -0.2) is 0 Å². The number of hydrogen-bond acceptors (Lipinski definition) is 5. The molecule has 0 saturated carbocycles. The molecule has 1 heterocycles. The molecule has 2 aromatic rings. The second-order valence-electron chi connectivity index (χ2n) is 6.45. The van der Waals surface area contributed by atoms with Gasteiger partial charge in [0.25, 0.3) is 0 Å². The Balaban J connectivity index is 2.09. The standard InChI is InChI=1S/C19H21NO4/c1-20-7-6-10-8-14(21)19(24-3)16-12-5-4-11(23-2)9-13(12)18(22)17(20)15(10)16/h4-5,8-9,17-18,21-22H,6-7H2,1-3H3. The van der Waals surface area contributed by atoms with Crippen molar-refractivity contribution in [2.45, 2.75) is 18.6 Å². The van der Waals surface area contributed by atoms with E-state index < -0.39 is 6.10 Å². The van der Waals surface area contributed by atoms with Gasteiger partial charge in [-0.15, -0.1) is 0 Å². The summed E-state index contributed by atoms with van der Waals surface area (Å²) in [5, 5.41) is 21.5. The number of aliphatic hydroxyl groups excluding tert-OH is 1. The first-order valence-corrected chi connectivity index (χ1v) is 8.06. The summed E-state index contributed by atoms with van der Waals surface area (Å²) in [6.07, 6.45) is 0.186. The summed E-state index contributed by atoms with van der Waals surface area (Å²) >= 11 is 0. The Hall–Kier alpha value is -2.24. The molecule has 4 rings (SSSR count). The SMILES string of the molecule is COc1ccc2c(c1)C(O)C1c3c(cc(O)c(OC)c3-2)CCN1C. The molecule has 1 aliphatic heterocycles. The molecule has 24 heavy (non-hydrogen) atoms. The third-order valence-electron chi connectivity index (χ3n) is 5.24. The Bertz CT molecular complexity index is 817. The third kappa shape index (κ3) is 1.95. The number of phenols is 1. The van der Waals surface area contributed by atoms with Gasteiger partial charge in [-0.1, -0.05) is 6.07 Å². The van der Waals surface area contributed by atoms with Crippen molar-refractivity contribution in [3.63, 3.8) is 0 Å². The summed E-state index contributed by atoms with van der Waals surface area (Å²) in [4.78, 5) is 2.16. The number of nitrogens with zero attached hydrogens (tertiary/aromatic N) is 1. The van der Waals surface area contributed by atoms with E-state index in [4.69, 9.17) is 9.47 Å². The van der Waals surface area contributed by atoms with Crippen LogP contribution in [0.4, 0.5) is 0 Å². The van der Waals surface area contributed by atoms with Crippen LogP contribution in [0, 0.1) is 0 Å². The van der Waals surface area contributed by atoms with Gasteiger partial charge in [0.1, 0.15) is 5.75 Å². The van der Waals surface area contributed by atoms with Crippen LogP contribution in [-0.2, 0) is 6.42 Å². The fraction of sp³-hybridized carbons (Fsp3) is 0.368. The van der Waals surface area contributed by atoms with Gasteiger partial charge in [-0.2, -0.15) is 0 Å². The first-order chi connectivity index (χ1) is 11.6.